The van der Waals surface area contributed by atoms with E-state index in [0.717, 1.165) is 0 Å². The zero-order valence-corrected chi connectivity index (χ0v) is 18.9. The number of amides is 1. The lowest BCUT2D eigenvalue weighted by Crippen LogP contribution is -2.58. The van der Waals surface area contributed by atoms with Crippen molar-refractivity contribution in [2.45, 2.75) is 17.1 Å². The van der Waals surface area contributed by atoms with Crippen molar-refractivity contribution in [3.05, 3.63) is 96.1 Å². The van der Waals surface area contributed by atoms with Gasteiger partial charge in [-0.25, -0.2) is 8.42 Å². The molecule has 2 N–H and O–H groups in total. The van der Waals surface area contributed by atoms with Crippen molar-refractivity contribution in [1.82, 2.24) is 14.5 Å². The second-order valence-electron chi connectivity index (χ2n) is 8.28. The summed E-state index contributed by atoms with van der Waals surface area (Å²) >= 11 is 0. The minimum absolute atomic E-state index is 0.0998. The number of carbonyl (C=O) groups excluding carboxylic acids is 1. The third kappa shape index (κ3) is 4.37. The molecule has 8 heteroatoms. The van der Waals surface area contributed by atoms with Crippen molar-refractivity contribution in [3.63, 3.8) is 0 Å². The van der Waals surface area contributed by atoms with Gasteiger partial charge in [-0.3, -0.25) is 9.69 Å². The Hall–Kier alpha value is -3.20. The van der Waals surface area contributed by atoms with Crippen molar-refractivity contribution in [1.29, 1.82) is 0 Å². The van der Waals surface area contributed by atoms with E-state index in [1.165, 1.54) is 17.2 Å². The molecule has 3 aromatic carbocycles. The highest BCUT2D eigenvalue weighted by Gasteiger charge is 2.36. The number of benzene rings is 3. The maximum atomic E-state index is 13.2. The van der Waals surface area contributed by atoms with Crippen LogP contribution in [-0.4, -0.2) is 56.5 Å². The van der Waals surface area contributed by atoms with Crippen molar-refractivity contribution in [2.24, 2.45) is 0 Å². The molecule has 2 heterocycles. The minimum Gasteiger partial charge on any atom is -0.360 e. The third-order valence-electron chi connectivity index (χ3n) is 6.22. The summed E-state index contributed by atoms with van der Waals surface area (Å²) in [5.41, 5.74) is 2.87. The summed E-state index contributed by atoms with van der Waals surface area (Å²) in [5, 5.41) is 3.04. The summed E-state index contributed by atoms with van der Waals surface area (Å²) in [4.78, 5) is 17.5. The van der Waals surface area contributed by atoms with Gasteiger partial charge in [0.05, 0.1) is 11.7 Å². The monoisotopic (exact) mass is 462 g/mol. The number of piperazine rings is 1. The second-order valence-corrected chi connectivity index (χ2v) is 9.96. The van der Waals surface area contributed by atoms with Crippen LogP contribution < -0.4 is 10.0 Å². The van der Waals surface area contributed by atoms with Gasteiger partial charge in [-0.2, -0.15) is 4.72 Å². The van der Waals surface area contributed by atoms with Gasteiger partial charge in [0.25, 0.3) is 5.91 Å². The molecule has 1 fully saturated rings. The van der Waals surface area contributed by atoms with Gasteiger partial charge in [-0.15, -0.1) is 0 Å². The zero-order valence-electron chi connectivity index (χ0n) is 18.1. The van der Waals surface area contributed by atoms with E-state index in [1.54, 1.807) is 23.1 Å². The SMILES string of the molecule is O=C(C1Nc2ccccc2S(=O)(=O)N1)N1CCN(C(c2ccccc2)c2ccccc2)CC1. The van der Waals surface area contributed by atoms with E-state index in [-0.39, 0.29) is 16.8 Å². The van der Waals surface area contributed by atoms with Crippen LogP contribution in [0.25, 0.3) is 0 Å². The van der Waals surface area contributed by atoms with Crippen LogP contribution >= 0.6 is 0 Å². The minimum atomic E-state index is -3.74. The fourth-order valence-corrected chi connectivity index (χ4v) is 5.88. The Morgan fingerprint density at radius 3 is 1.94 bits per heavy atom. The normalized spacial score (nSPS) is 20.2. The average Bonchev–Trinajstić information content (AvgIpc) is 2.85. The first-order valence-corrected chi connectivity index (χ1v) is 12.5. The average molecular weight is 463 g/mol. The number of rotatable bonds is 4. The van der Waals surface area contributed by atoms with E-state index in [0.29, 0.717) is 31.9 Å². The van der Waals surface area contributed by atoms with Crippen LogP contribution in [-0.2, 0) is 14.8 Å². The number of para-hydroxylation sites is 1. The largest absolute Gasteiger partial charge is 0.360 e. The van der Waals surface area contributed by atoms with E-state index in [2.05, 4.69) is 39.2 Å². The van der Waals surface area contributed by atoms with Gasteiger partial charge in [0.2, 0.25) is 10.0 Å². The molecule has 0 bridgehead atoms. The van der Waals surface area contributed by atoms with Crippen LogP contribution in [0.5, 0.6) is 0 Å². The maximum Gasteiger partial charge on any atom is 0.261 e. The summed E-state index contributed by atoms with van der Waals surface area (Å²) in [6.45, 7) is 2.43. The van der Waals surface area contributed by atoms with Crippen molar-refractivity contribution in [2.75, 3.05) is 31.5 Å². The van der Waals surface area contributed by atoms with Crippen LogP contribution in [0.1, 0.15) is 17.2 Å². The molecule has 0 aromatic heterocycles. The maximum absolute atomic E-state index is 13.2. The highest BCUT2D eigenvalue weighted by atomic mass is 32.2. The van der Waals surface area contributed by atoms with E-state index in [1.807, 2.05) is 36.4 Å². The molecule has 0 spiro atoms. The van der Waals surface area contributed by atoms with Crippen LogP contribution in [0.15, 0.2) is 89.8 Å². The lowest BCUT2D eigenvalue weighted by molar-refractivity contribution is -0.134. The Bertz CT molecular complexity index is 1190. The fraction of sp³-hybridized carbons (Fsp3) is 0.240. The molecule has 1 unspecified atom stereocenters. The smallest absolute Gasteiger partial charge is 0.261 e. The predicted octanol–water partition coefficient (Wildman–Crippen LogP) is 2.65. The third-order valence-corrected chi connectivity index (χ3v) is 7.70. The van der Waals surface area contributed by atoms with Gasteiger partial charge in [0.15, 0.2) is 6.17 Å². The lowest BCUT2D eigenvalue weighted by atomic mass is 9.96. The number of nitrogens with one attached hydrogen (secondary N) is 2. The van der Waals surface area contributed by atoms with Crippen molar-refractivity contribution < 1.29 is 13.2 Å². The zero-order chi connectivity index (χ0) is 22.8. The first-order valence-electron chi connectivity index (χ1n) is 11.0. The molecule has 1 saturated heterocycles. The number of anilines is 1. The molecule has 2 aliphatic heterocycles. The molecular weight excluding hydrogens is 436 g/mol. The molecular formula is C25H26N4O3S. The van der Waals surface area contributed by atoms with Gasteiger partial charge in [-0.05, 0) is 23.3 Å². The van der Waals surface area contributed by atoms with Gasteiger partial charge in [0.1, 0.15) is 4.90 Å². The topological polar surface area (TPSA) is 81.7 Å². The number of hydrogen-bond acceptors (Lipinski definition) is 5. The second kappa shape index (κ2) is 8.97. The molecule has 0 saturated carbocycles. The number of hydrogen-bond donors (Lipinski definition) is 2. The first-order chi connectivity index (χ1) is 16.0. The van der Waals surface area contributed by atoms with Gasteiger partial charge < -0.3 is 10.2 Å². The molecule has 170 valence electrons. The molecule has 2 aliphatic rings. The van der Waals surface area contributed by atoms with Gasteiger partial charge in [-0.1, -0.05) is 72.8 Å². The highest BCUT2D eigenvalue weighted by molar-refractivity contribution is 7.89. The van der Waals surface area contributed by atoms with E-state index in [4.69, 9.17) is 0 Å². The molecule has 0 radical (unpaired) electrons. The Morgan fingerprint density at radius 2 is 1.33 bits per heavy atom. The number of fused-ring (bicyclic) bond motifs is 1. The number of sulfonamides is 1. The Balaban J connectivity index is 1.31. The molecule has 7 nitrogen and oxygen atoms in total. The first kappa shape index (κ1) is 21.6. The Kier molecular flexibility index (Phi) is 5.88. The van der Waals surface area contributed by atoms with E-state index >= 15 is 0 Å². The Morgan fingerprint density at radius 1 is 0.788 bits per heavy atom. The molecule has 33 heavy (non-hydrogen) atoms. The molecule has 0 aliphatic carbocycles. The predicted molar refractivity (Wildman–Crippen MR) is 127 cm³/mol. The Labute approximate surface area is 194 Å². The standard InChI is InChI=1S/C25H26N4O3S/c30-25(24-26-21-13-7-8-14-22(21)33(31,32)27-24)29-17-15-28(16-18-29)23(19-9-3-1-4-10-19)20-11-5-2-6-12-20/h1-14,23-24,26-27H,15-18H2. The summed E-state index contributed by atoms with van der Waals surface area (Å²) in [5.74, 6) is -0.260. The lowest BCUT2D eigenvalue weighted by Gasteiger charge is -2.41. The fourth-order valence-electron chi connectivity index (χ4n) is 4.60. The highest BCUT2D eigenvalue weighted by Crippen LogP contribution is 2.30. The summed E-state index contributed by atoms with van der Waals surface area (Å²) in [7, 11) is -3.74. The van der Waals surface area contributed by atoms with E-state index < -0.39 is 16.2 Å². The van der Waals surface area contributed by atoms with Crippen LogP contribution in [0.2, 0.25) is 0 Å². The summed E-state index contributed by atoms with van der Waals surface area (Å²) < 4.78 is 27.7. The van der Waals surface area contributed by atoms with Crippen molar-refractivity contribution >= 4 is 21.6 Å². The van der Waals surface area contributed by atoms with E-state index in [9.17, 15) is 13.2 Å². The molecule has 1 atom stereocenters. The molecule has 1 amide bonds. The van der Waals surface area contributed by atoms with Crippen molar-refractivity contribution in [3.8, 4) is 0 Å². The van der Waals surface area contributed by atoms with Crippen LogP contribution in [0.4, 0.5) is 5.69 Å². The van der Waals surface area contributed by atoms with Gasteiger partial charge in [0, 0.05) is 26.2 Å². The molecule has 5 rings (SSSR count). The quantitative estimate of drug-likeness (QED) is 0.623. The molecule has 3 aromatic rings. The van der Waals surface area contributed by atoms with Crippen LogP contribution in [0.3, 0.4) is 0 Å². The number of nitrogens with zero attached hydrogens (tertiary/aromatic N) is 2. The number of carbonyl (C=O) groups is 1. The summed E-state index contributed by atoms with van der Waals surface area (Å²) in [6, 6.07) is 27.5. The van der Waals surface area contributed by atoms with Gasteiger partial charge >= 0.3 is 0 Å². The summed E-state index contributed by atoms with van der Waals surface area (Å²) in [6.07, 6.45) is -1.00. The van der Waals surface area contributed by atoms with Crippen LogP contribution in [0, 0.1) is 0 Å².